The number of nitrogen functional groups attached to an aromatic ring is 1. The van der Waals surface area contributed by atoms with Crippen molar-refractivity contribution in [3.63, 3.8) is 0 Å². The highest BCUT2D eigenvalue weighted by Crippen LogP contribution is 2.24. The summed E-state index contributed by atoms with van der Waals surface area (Å²) in [4.78, 5) is 23.4. The van der Waals surface area contributed by atoms with Crippen LogP contribution in [0.5, 0.6) is 0 Å². The normalized spacial score (nSPS) is 12.6. The molecule has 1 amide bonds. The Morgan fingerprint density at radius 3 is 2.95 bits per heavy atom. The molecule has 0 aliphatic carbocycles. The molecule has 0 radical (unpaired) electrons. The van der Waals surface area contributed by atoms with Crippen molar-refractivity contribution in [1.82, 2.24) is 20.2 Å². The number of amides is 1. The van der Waals surface area contributed by atoms with Crippen LogP contribution in [0.25, 0.3) is 10.2 Å². The maximum atomic E-state index is 11.5. The number of carbonyl (C=O) groups excluding carboxylic acids is 1. The lowest BCUT2D eigenvalue weighted by Gasteiger charge is -2.19. The number of nitrogens with two attached hydrogens (primary N) is 1. The van der Waals surface area contributed by atoms with Crippen LogP contribution in [0.2, 0.25) is 0 Å². The SMILES string of the molecule is CNC(=O)C(C)CN(C)Cc1nc(NN)c2ccsc2n1. The fourth-order valence-corrected chi connectivity index (χ4v) is 2.97. The van der Waals surface area contributed by atoms with E-state index in [1.807, 2.05) is 30.3 Å². The van der Waals surface area contributed by atoms with Crippen molar-refractivity contribution in [3.05, 3.63) is 17.3 Å². The van der Waals surface area contributed by atoms with Gasteiger partial charge in [0.15, 0.2) is 5.82 Å². The van der Waals surface area contributed by atoms with E-state index in [4.69, 9.17) is 5.84 Å². The molecule has 0 fully saturated rings. The maximum Gasteiger partial charge on any atom is 0.223 e. The quantitative estimate of drug-likeness (QED) is 0.539. The second-order valence-electron chi connectivity index (χ2n) is 4.98. The minimum absolute atomic E-state index is 0.0285. The van der Waals surface area contributed by atoms with Crippen molar-refractivity contribution in [2.75, 3.05) is 26.1 Å². The lowest BCUT2D eigenvalue weighted by molar-refractivity contribution is -0.124. The van der Waals surface area contributed by atoms with Gasteiger partial charge in [0.05, 0.1) is 11.9 Å². The Kier molecular flexibility index (Phi) is 5.05. The zero-order valence-electron chi connectivity index (χ0n) is 12.4. The Bertz CT molecular complexity index is 628. The van der Waals surface area contributed by atoms with E-state index >= 15 is 0 Å². The number of hydrazine groups is 1. The summed E-state index contributed by atoms with van der Waals surface area (Å²) in [5, 5.41) is 5.53. The summed E-state index contributed by atoms with van der Waals surface area (Å²) >= 11 is 1.55. The van der Waals surface area contributed by atoms with Crippen LogP contribution in [0.1, 0.15) is 12.7 Å². The maximum absolute atomic E-state index is 11.5. The summed E-state index contributed by atoms with van der Waals surface area (Å²) in [7, 11) is 3.59. The molecule has 2 heterocycles. The van der Waals surface area contributed by atoms with Crippen LogP contribution in [-0.2, 0) is 11.3 Å². The highest BCUT2D eigenvalue weighted by Gasteiger charge is 2.15. The molecule has 21 heavy (non-hydrogen) atoms. The van der Waals surface area contributed by atoms with Crippen LogP contribution in [0.4, 0.5) is 5.82 Å². The number of nitrogens with zero attached hydrogens (tertiary/aromatic N) is 3. The van der Waals surface area contributed by atoms with E-state index in [2.05, 4.69) is 20.7 Å². The van der Waals surface area contributed by atoms with Gasteiger partial charge >= 0.3 is 0 Å². The smallest absolute Gasteiger partial charge is 0.223 e. The van der Waals surface area contributed by atoms with Crippen molar-refractivity contribution in [1.29, 1.82) is 0 Å². The fourth-order valence-electron chi connectivity index (χ4n) is 2.18. The average molecular weight is 308 g/mol. The third-order valence-electron chi connectivity index (χ3n) is 3.20. The Hall–Kier alpha value is -1.77. The van der Waals surface area contributed by atoms with Crippen LogP contribution in [-0.4, -0.2) is 41.4 Å². The zero-order chi connectivity index (χ0) is 15.4. The molecule has 4 N–H and O–H groups in total. The number of rotatable bonds is 6. The molecule has 1 atom stereocenters. The molecule has 0 aliphatic heterocycles. The molecule has 7 nitrogen and oxygen atoms in total. The summed E-state index contributed by atoms with van der Waals surface area (Å²) < 4.78 is 0. The van der Waals surface area contributed by atoms with Gasteiger partial charge in [-0.3, -0.25) is 9.69 Å². The summed E-state index contributed by atoms with van der Waals surface area (Å²) in [6, 6.07) is 1.94. The van der Waals surface area contributed by atoms with E-state index in [-0.39, 0.29) is 11.8 Å². The van der Waals surface area contributed by atoms with Crippen LogP contribution in [0.3, 0.4) is 0 Å². The van der Waals surface area contributed by atoms with E-state index < -0.39 is 0 Å². The number of fused-ring (bicyclic) bond motifs is 1. The van der Waals surface area contributed by atoms with Crippen molar-refractivity contribution < 1.29 is 4.79 Å². The van der Waals surface area contributed by atoms with Gasteiger partial charge in [0.1, 0.15) is 10.7 Å². The molecule has 114 valence electrons. The second kappa shape index (κ2) is 6.79. The molecule has 8 heteroatoms. The molecule has 0 saturated heterocycles. The number of carbonyl (C=O) groups is 1. The van der Waals surface area contributed by atoms with Gasteiger partial charge in [0, 0.05) is 19.5 Å². The van der Waals surface area contributed by atoms with Crippen molar-refractivity contribution in [2.24, 2.45) is 11.8 Å². The van der Waals surface area contributed by atoms with Crippen LogP contribution in [0, 0.1) is 5.92 Å². The average Bonchev–Trinajstić information content (AvgIpc) is 2.93. The van der Waals surface area contributed by atoms with Crippen molar-refractivity contribution >= 4 is 33.3 Å². The molecule has 2 aromatic rings. The van der Waals surface area contributed by atoms with Gasteiger partial charge in [-0.25, -0.2) is 15.8 Å². The first-order valence-corrected chi connectivity index (χ1v) is 7.54. The molecule has 0 aliphatic rings. The van der Waals surface area contributed by atoms with Crippen LogP contribution < -0.4 is 16.6 Å². The summed E-state index contributed by atoms with van der Waals surface area (Å²) in [5.41, 5.74) is 2.61. The molecule has 2 aromatic heterocycles. The van der Waals surface area contributed by atoms with Crippen molar-refractivity contribution in [2.45, 2.75) is 13.5 Å². The number of anilines is 1. The van der Waals surface area contributed by atoms with Gasteiger partial charge in [0.2, 0.25) is 5.91 Å². The third-order valence-corrected chi connectivity index (χ3v) is 4.01. The molecular formula is C13H20N6OS. The monoisotopic (exact) mass is 308 g/mol. The highest BCUT2D eigenvalue weighted by atomic mass is 32.1. The van der Waals surface area contributed by atoms with Gasteiger partial charge in [-0.15, -0.1) is 11.3 Å². The fraction of sp³-hybridized carbons (Fsp3) is 0.462. The topological polar surface area (TPSA) is 96.2 Å². The Labute approximate surface area is 127 Å². The summed E-state index contributed by atoms with van der Waals surface area (Å²) in [6.07, 6.45) is 0. The number of hydrogen-bond donors (Lipinski definition) is 3. The summed E-state index contributed by atoms with van der Waals surface area (Å²) in [5.74, 6) is 6.77. The molecular weight excluding hydrogens is 288 g/mol. The van der Waals surface area contributed by atoms with Crippen LogP contribution in [0.15, 0.2) is 11.4 Å². The Morgan fingerprint density at radius 2 is 2.29 bits per heavy atom. The Balaban J connectivity index is 2.10. The van der Waals surface area contributed by atoms with Gasteiger partial charge in [0.25, 0.3) is 0 Å². The van der Waals surface area contributed by atoms with Gasteiger partial charge in [-0.05, 0) is 18.5 Å². The van der Waals surface area contributed by atoms with E-state index in [1.165, 1.54) is 0 Å². The van der Waals surface area contributed by atoms with Gasteiger partial charge in [-0.2, -0.15) is 0 Å². The molecule has 0 bridgehead atoms. The minimum Gasteiger partial charge on any atom is -0.359 e. The second-order valence-corrected chi connectivity index (χ2v) is 5.88. The standard InChI is InChI=1S/C13H20N6OS/c1-8(12(20)15-2)6-19(3)7-10-16-11(18-14)9-4-5-21-13(9)17-10/h4-5,8H,6-7,14H2,1-3H3,(H,15,20)(H,16,17,18). The lowest BCUT2D eigenvalue weighted by atomic mass is 10.1. The number of aromatic nitrogens is 2. The molecule has 0 aromatic carbocycles. The molecule has 1 unspecified atom stereocenters. The third kappa shape index (κ3) is 3.66. The first kappa shape index (κ1) is 15.6. The van der Waals surface area contributed by atoms with E-state index in [9.17, 15) is 4.79 Å². The predicted octanol–water partition coefficient (Wildman–Crippen LogP) is 0.791. The van der Waals surface area contributed by atoms with Gasteiger partial charge < -0.3 is 10.7 Å². The first-order valence-electron chi connectivity index (χ1n) is 6.66. The van der Waals surface area contributed by atoms with Crippen molar-refractivity contribution in [3.8, 4) is 0 Å². The number of thiophene rings is 1. The first-order chi connectivity index (χ1) is 10.0. The number of nitrogens with one attached hydrogen (secondary N) is 2. The zero-order valence-corrected chi connectivity index (χ0v) is 13.2. The van der Waals surface area contributed by atoms with Gasteiger partial charge in [-0.1, -0.05) is 6.92 Å². The largest absolute Gasteiger partial charge is 0.359 e. The lowest BCUT2D eigenvalue weighted by Crippen LogP contribution is -2.34. The number of hydrogen-bond acceptors (Lipinski definition) is 7. The minimum atomic E-state index is -0.0856. The van der Waals surface area contributed by atoms with Crippen LogP contribution >= 0.6 is 11.3 Å². The van der Waals surface area contributed by atoms with E-state index in [0.717, 1.165) is 10.2 Å². The summed E-state index contributed by atoms with van der Waals surface area (Å²) in [6.45, 7) is 3.09. The molecule has 2 rings (SSSR count). The highest BCUT2D eigenvalue weighted by molar-refractivity contribution is 7.16. The van der Waals surface area contributed by atoms with E-state index in [1.54, 1.807) is 18.4 Å². The molecule has 0 spiro atoms. The molecule has 0 saturated carbocycles. The van der Waals surface area contributed by atoms with E-state index in [0.29, 0.717) is 24.7 Å². The Morgan fingerprint density at radius 1 is 1.52 bits per heavy atom. The predicted molar refractivity (Wildman–Crippen MR) is 84.8 cm³/mol.